The van der Waals surface area contributed by atoms with E-state index < -0.39 is 76.3 Å². The number of fused-ring (bicyclic) bond motifs is 6. The van der Waals surface area contributed by atoms with Gasteiger partial charge >= 0.3 is 0 Å². The van der Waals surface area contributed by atoms with Crippen LogP contribution in [0.2, 0.25) is 0 Å². The molecule has 33 heavy (non-hydrogen) atoms. The molecule has 0 amide bonds. The highest BCUT2D eigenvalue weighted by Crippen LogP contribution is 2.64. The molecular formula is C19H3N7O7. The third-order valence-corrected chi connectivity index (χ3v) is 5.75. The number of nitro benzene ring substituents is 3. The van der Waals surface area contributed by atoms with Gasteiger partial charge in [0.25, 0.3) is 17.1 Å². The third kappa shape index (κ3) is 1.99. The van der Waals surface area contributed by atoms with Crippen LogP contribution in [0.1, 0.15) is 27.0 Å². The summed E-state index contributed by atoms with van der Waals surface area (Å²) >= 11 is 0. The van der Waals surface area contributed by atoms with Crippen LogP contribution in [0.25, 0.3) is 11.1 Å². The lowest BCUT2D eigenvalue weighted by atomic mass is 9.64. The maximum absolute atomic E-state index is 13.3. The molecule has 0 spiro atoms. The first-order chi connectivity index (χ1) is 15.6. The van der Waals surface area contributed by atoms with E-state index in [0.29, 0.717) is 0 Å². The smallest absolute Gasteiger partial charge is 0.289 e. The van der Waals surface area contributed by atoms with Gasteiger partial charge in [-0.05, 0) is 6.07 Å². The van der Waals surface area contributed by atoms with E-state index in [4.69, 9.17) is 0 Å². The number of hydrogen-bond donors (Lipinski definition) is 0. The van der Waals surface area contributed by atoms with Gasteiger partial charge in [0, 0.05) is 23.3 Å². The zero-order valence-electron chi connectivity index (χ0n) is 15.7. The second-order valence-electron chi connectivity index (χ2n) is 6.97. The highest BCUT2D eigenvalue weighted by atomic mass is 16.6. The van der Waals surface area contributed by atoms with Gasteiger partial charge in [-0.15, -0.1) is 0 Å². The summed E-state index contributed by atoms with van der Waals surface area (Å²) in [7, 11) is 0. The minimum Gasteiger partial charge on any atom is -0.289 e. The van der Waals surface area contributed by atoms with Crippen molar-refractivity contribution >= 4 is 22.8 Å². The highest BCUT2D eigenvalue weighted by Gasteiger charge is 2.73. The number of hydrogen-bond acceptors (Lipinski definition) is 11. The van der Waals surface area contributed by atoms with Crippen LogP contribution in [0.4, 0.5) is 17.1 Å². The maximum Gasteiger partial charge on any atom is 0.290 e. The van der Waals surface area contributed by atoms with E-state index in [-0.39, 0.29) is 5.56 Å². The van der Waals surface area contributed by atoms with Gasteiger partial charge in [0.2, 0.25) is 10.8 Å². The molecule has 0 saturated heterocycles. The van der Waals surface area contributed by atoms with Gasteiger partial charge < -0.3 is 0 Å². The Morgan fingerprint density at radius 3 is 1.67 bits per heavy atom. The molecule has 2 aromatic rings. The van der Waals surface area contributed by atoms with Crippen LogP contribution in [-0.4, -0.2) is 20.6 Å². The van der Waals surface area contributed by atoms with Gasteiger partial charge in [0.05, 0.1) is 55.7 Å². The van der Waals surface area contributed by atoms with E-state index in [9.17, 15) is 56.2 Å². The Balaban J connectivity index is 2.37. The molecule has 0 heterocycles. The zero-order chi connectivity index (χ0) is 24.5. The number of nitro groups is 3. The summed E-state index contributed by atoms with van der Waals surface area (Å²) in [6, 6.07) is 8.31. The number of non-ortho nitro benzene ring substituents is 1. The molecule has 0 aromatic heterocycles. The first kappa shape index (κ1) is 20.5. The molecule has 156 valence electrons. The fraction of sp³-hybridized carbons (Fsp3) is 0.105. The quantitative estimate of drug-likeness (QED) is 0.421. The number of carbonyl (C=O) groups is 1. The molecule has 2 aromatic carbocycles. The lowest BCUT2D eigenvalue weighted by molar-refractivity contribution is -0.394. The number of nitriles is 4. The lowest BCUT2D eigenvalue weighted by Crippen LogP contribution is -2.42. The molecular weight excluding hydrogens is 438 g/mol. The van der Waals surface area contributed by atoms with Crippen LogP contribution in [-0.2, 0) is 10.8 Å². The summed E-state index contributed by atoms with van der Waals surface area (Å²) in [5.74, 6) is -1.15. The third-order valence-electron chi connectivity index (χ3n) is 5.75. The minimum atomic E-state index is -3.00. The van der Waals surface area contributed by atoms with E-state index in [1.54, 1.807) is 0 Å². The average Bonchev–Trinajstić information content (AvgIpc) is 3.18. The van der Waals surface area contributed by atoms with Crippen LogP contribution in [0, 0.1) is 75.7 Å². The molecule has 0 fully saturated rings. The number of benzene rings is 2. The van der Waals surface area contributed by atoms with Gasteiger partial charge in [-0.2, -0.15) is 21.0 Å². The molecule has 2 bridgehead atoms. The molecule has 2 aliphatic rings. The van der Waals surface area contributed by atoms with E-state index in [1.807, 2.05) is 0 Å². The van der Waals surface area contributed by atoms with Gasteiger partial charge in [0.1, 0.15) is 5.56 Å². The molecule has 14 heteroatoms. The molecule has 4 rings (SSSR count). The highest BCUT2D eigenvalue weighted by molar-refractivity contribution is 6.26. The Morgan fingerprint density at radius 1 is 0.697 bits per heavy atom. The SMILES string of the molecule is N#CC1(C#N)c2c3c(c([N+](=O)[O-])c(c2[N+](=O)[O-])C1(C#N)C#N)-c1ccc([N+](=O)[O-])cc1C3=O. The maximum atomic E-state index is 13.3. The van der Waals surface area contributed by atoms with Crippen molar-refractivity contribution in [2.75, 3.05) is 0 Å². The van der Waals surface area contributed by atoms with Gasteiger partial charge in [-0.1, -0.05) is 0 Å². The van der Waals surface area contributed by atoms with Crippen LogP contribution in [0.15, 0.2) is 18.2 Å². The zero-order valence-corrected chi connectivity index (χ0v) is 15.7. The predicted octanol–water partition coefficient (Wildman–Crippen LogP) is 2.21. The topological polar surface area (TPSA) is 242 Å². The fourth-order valence-electron chi connectivity index (χ4n) is 4.47. The number of rotatable bonds is 3. The van der Waals surface area contributed by atoms with Crippen molar-refractivity contribution in [1.29, 1.82) is 21.0 Å². The average molecular weight is 441 g/mol. The van der Waals surface area contributed by atoms with Crippen molar-refractivity contribution in [3.8, 4) is 35.4 Å². The molecule has 0 unspecified atom stereocenters. The molecule has 0 radical (unpaired) electrons. The summed E-state index contributed by atoms with van der Waals surface area (Å²) in [6.45, 7) is 0. The summed E-state index contributed by atoms with van der Waals surface area (Å²) < 4.78 is 0. The lowest BCUT2D eigenvalue weighted by Gasteiger charge is -2.23. The molecule has 0 aliphatic heterocycles. The monoisotopic (exact) mass is 441 g/mol. The van der Waals surface area contributed by atoms with Crippen LogP contribution < -0.4 is 0 Å². The molecule has 2 aliphatic carbocycles. The standard InChI is InChI=1S/C19H3N7O7/c20-4-18(5-21)13-12-11(9-2-1-8(24(28)29)3-10(9)17(12)27)15(25(30)31)14(16(13)26(32)33)19(18,6-22)7-23/h1-3H. The molecule has 14 nitrogen and oxygen atoms in total. The van der Waals surface area contributed by atoms with Crippen molar-refractivity contribution in [2.24, 2.45) is 0 Å². The first-order valence-corrected chi connectivity index (χ1v) is 8.60. The summed E-state index contributed by atoms with van der Waals surface area (Å²) in [4.78, 5) is 45.3. The summed E-state index contributed by atoms with van der Waals surface area (Å²) in [6.07, 6.45) is 0. The van der Waals surface area contributed by atoms with E-state index in [2.05, 4.69) is 0 Å². The van der Waals surface area contributed by atoms with E-state index >= 15 is 0 Å². The van der Waals surface area contributed by atoms with Crippen molar-refractivity contribution in [1.82, 2.24) is 0 Å². The summed E-state index contributed by atoms with van der Waals surface area (Å²) in [5.41, 5.74) is -12.9. The molecule has 0 saturated carbocycles. The van der Waals surface area contributed by atoms with E-state index in [1.165, 1.54) is 24.3 Å². The van der Waals surface area contributed by atoms with E-state index in [0.717, 1.165) is 18.2 Å². The van der Waals surface area contributed by atoms with Gasteiger partial charge in [0.15, 0.2) is 5.78 Å². The predicted molar refractivity (Wildman–Crippen MR) is 101 cm³/mol. The minimum absolute atomic E-state index is 0.221. The van der Waals surface area contributed by atoms with Crippen molar-refractivity contribution in [2.45, 2.75) is 10.8 Å². The van der Waals surface area contributed by atoms with Gasteiger partial charge in [-0.3, -0.25) is 35.1 Å². The van der Waals surface area contributed by atoms with Crippen LogP contribution in [0.5, 0.6) is 0 Å². The normalized spacial score (nSPS) is 15.2. The largest absolute Gasteiger partial charge is 0.290 e. The van der Waals surface area contributed by atoms with Crippen LogP contribution >= 0.6 is 0 Å². The second kappa shape index (κ2) is 6.14. The van der Waals surface area contributed by atoms with Crippen molar-refractivity contribution in [3.63, 3.8) is 0 Å². The fourth-order valence-corrected chi connectivity index (χ4v) is 4.47. The first-order valence-electron chi connectivity index (χ1n) is 8.60. The summed E-state index contributed by atoms with van der Waals surface area (Å²) in [5, 5.41) is 74.6. The van der Waals surface area contributed by atoms with Crippen molar-refractivity contribution < 1.29 is 19.6 Å². The number of carbonyl (C=O) groups excluding carboxylic acids is 1. The second-order valence-corrected chi connectivity index (χ2v) is 6.97. The molecule has 0 atom stereocenters. The Labute approximate surface area is 181 Å². The van der Waals surface area contributed by atoms with Crippen LogP contribution in [0.3, 0.4) is 0 Å². The number of ketones is 1. The van der Waals surface area contributed by atoms with Crippen molar-refractivity contribution in [3.05, 3.63) is 70.8 Å². The Bertz CT molecular complexity index is 1550. The Hall–Kier alpha value is -5.73. The van der Waals surface area contributed by atoms with Gasteiger partial charge in [-0.25, -0.2) is 0 Å². The Kier molecular flexibility index (Phi) is 3.82. The Morgan fingerprint density at radius 2 is 1.21 bits per heavy atom. The molecule has 0 N–H and O–H groups in total. The number of nitrogens with zero attached hydrogens (tertiary/aromatic N) is 7.